The van der Waals surface area contributed by atoms with Gasteiger partial charge >= 0.3 is 0 Å². The van der Waals surface area contributed by atoms with E-state index in [1.807, 2.05) is 31.2 Å². The van der Waals surface area contributed by atoms with Crippen molar-refractivity contribution in [1.82, 2.24) is 14.9 Å². The number of nitrogens with zero attached hydrogens (tertiary/aromatic N) is 5. The molecule has 1 atom stereocenters. The predicted molar refractivity (Wildman–Crippen MR) is 152 cm³/mol. The van der Waals surface area contributed by atoms with Gasteiger partial charge in [-0.3, -0.25) is 0 Å². The van der Waals surface area contributed by atoms with E-state index in [0.29, 0.717) is 35.0 Å². The molecule has 0 amide bonds. The molecule has 1 fully saturated rings. The number of hydrogen-bond donors (Lipinski definition) is 1. The molecule has 3 aliphatic heterocycles. The second-order valence-electron chi connectivity index (χ2n) is 9.64. The Morgan fingerprint density at radius 1 is 1.05 bits per heavy atom. The molecule has 0 saturated carbocycles. The SMILES string of the molecule is Cc1ncc(COc2cc(F)cc(Oc3ccc(C4CN(C5CCOCC5)C5=C4C(N)=NI=N5)cc3)c2)cn1. The molecule has 3 aliphatic rings. The van der Waals surface area contributed by atoms with Crippen LogP contribution in [0.5, 0.6) is 17.2 Å². The summed E-state index contributed by atoms with van der Waals surface area (Å²) in [7, 11) is 0. The summed E-state index contributed by atoms with van der Waals surface area (Å²) in [5.41, 5.74) is 9.32. The lowest BCUT2D eigenvalue weighted by molar-refractivity contribution is 0.0477. The Balaban J connectivity index is 1.16. The second-order valence-corrected chi connectivity index (χ2v) is 11.0. The van der Waals surface area contributed by atoms with E-state index in [1.165, 1.54) is 12.1 Å². The molecule has 3 aromatic rings. The molecule has 6 rings (SSSR count). The average molecular weight is 642 g/mol. The Morgan fingerprint density at radius 2 is 1.79 bits per heavy atom. The summed E-state index contributed by atoms with van der Waals surface area (Å²) >= 11 is -0.666. The number of ether oxygens (including phenoxy) is 3. The first-order valence-corrected chi connectivity index (χ1v) is 14.7. The van der Waals surface area contributed by atoms with Crippen molar-refractivity contribution in [2.75, 3.05) is 19.8 Å². The molecule has 1 unspecified atom stereocenters. The van der Waals surface area contributed by atoms with Crippen LogP contribution >= 0.6 is 21.3 Å². The third kappa shape index (κ3) is 5.78. The number of aryl methyl sites for hydroxylation is 1. The van der Waals surface area contributed by atoms with Crippen molar-refractivity contribution < 1.29 is 18.6 Å². The van der Waals surface area contributed by atoms with Crippen LogP contribution in [0.15, 0.2) is 72.6 Å². The second kappa shape index (κ2) is 11.3. The lowest BCUT2D eigenvalue weighted by atomic mass is 9.92. The third-order valence-corrected chi connectivity index (χ3v) is 8.41. The summed E-state index contributed by atoms with van der Waals surface area (Å²) in [5, 5.41) is 0. The van der Waals surface area contributed by atoms with Crippen molar-refractivity contribution in [2.24, 2.45) is 12.1 Å². The van der Waals surface area contributed by atoms with Gasteiger partial charge in [-0.1, -0.05) is 12.1 Å². The highest BCUT2D eigenvalue weighted by Gasteiger charge is 2.39. The van der Waals surface area contributed by atoms with Crippen molar-refractivity contribution in [2.45, 2.75) is 38.3 Å². The Hall–Kier alpha value is -3.45. The molecule has 0 radical (unpaired) electrons. The molecular formula is C28H28FIN6O3. The molecule has 2 aromatic carbocycles. The molecule has 1 aromatic heterocycles. The highest BCUT2D eigenvalue weighted by molar-refractivity contribution is 14.1. The van der Waals surface area contributed by atoms with Crippen molar-refractivity contribution in [3.05, 3.63) is 89.0 Å². The van der Waals surface area contributed by atoms with E-state index < -0.39 is 27.1 Å². The minimum absolute atomic E-state index is 0.0774. The lowest BCUT2D eigenvalue weighted by Gasteiger charge is -2.33. The Labute approximate surface area is 236 Å². The summed E-state index contributed by atoms with van der Waals surface area (Å²) in [6, 6.07) is 12.6. The molecule has 1 saturated heterocycles. The van der Waals surface area contributed by atoms with Crippen LogP contribution in [0.1, 0.15) is 35.7 Å². The average Bonchev–Trinajstić information content (AvgIpc) is 3.34. The van der Waals surface area contributed by atoms with Crippen LogP contribution in [0, 0.1) is 12.7 Å². The Morgan fingerprint density at radius 3 is 2.56 bits per heavy atom. The Kier molecular flexibility index (Phi) is 7.51. The molecule has 39 heavy (non-hydrogen) atoms. The molecule has 0 bridgehead atoms. The van der Waals surface area contributed by atoms with E-state index in [9.17, 15) is 4.39 Å². The summed E-state index contributed by atoms with van der Waals surface area (Å²) in [4.78, 5) is 10.7. The van der Waals surface area contributed by atoms with Crippen molar-refractivity contribution in [3.63, 3.8) is 0 Å². The van der Waals surface area contributed by atoms with Crippen LogP contribution in [0.4, 0.5) is 4.39 Å². The van der Waals surface area contributed by atoms with Crippen LogP contribution in [0.2, 0.25) is 0 Å². The zero-order valence-corrected chi connectivity index (χ0v) is 23.5. The van der Waals surface area contributed by atoms with Gasteiger partial charge in [-0.05, 0) is 37.5 Å². The van der Waals surface area contributed by atoms with E-state index in [0.717, 1.165) is 55.1 Å². The van der Waals surface area contributed by atoms with E-state index >= 15 is 0 Å². The smallest absolute Gasteiger partial charge is 0.146 e. The number of amidine groups is 1. The maximum absolute atomic E-state index is 14.3. The van der Waals surface area contributed by atoms with Gasteiger partial charge in [0.1, 0.15) is 68.5 Å². The minimum Gasteiger partial charge on any atom is -0.489 e. The van der Waals surface area contributed by atoms with Crippen LogP contribution in [0.25, 0.3) is 0 Å². The van der Waals surface area contributed by atoms with Gasteiger partial charge in [0.05, 0.1) is 0 Å². The van der Waals surface area contributed by atoms with E-state index in [1.54, 1.807) is 18.5 Å². The first-order valence-electron chi connectivity index (χ1n) is 12.8. The summed E-state index contributed by atoms with van der Waals surface area (Å²) in [5.74, 6) is 3.23. The van der Waals surface area contributed by atoms with Gasteiger partial charge in [-0.15, -0.1) is 0 Å². The van der Waals surface area contributed by atoms with Crippen molar-refractivity contribution >= 4 is 27.1 Å². The fourth-order valence-corrected chi connectivity index (χ4v) is 6.39. The van der Waals surface area contributed by atoms with Gasteiger partial charge in [-0.2, -0.15) is 6.35 Å². The van der Waals surface area contributed by atoms with Gasteiger partial charge in [0, 0.05) is 73.4 Å². The van der Waals surface area contributed by atoms with Crippen LogP contribution < -0.4 is 15.2 Å². The van der Waals surface area contributed by atoms with E-state index in [-0.39, 0.29) is 12.5 Å². The van der Waals surface area contributed by atoms with Gasteiger partial charge in [-0.25, -0.2) is 14.4 Å². The Bertz CT molecular complexity index is 1440. The number of aromatic nitrogens is 2. The molecule has 202 valence electrons. The molecule has 0 aliphatic carbocycles. The fourth-order valence-electron chi connectivity index (χ4n) is 5.05. The van der Waals surface area contributed by atoms with E-state index in [4.69, 9.17) is 23.1 Å². The number of rotatable bonds is 7. The fraction of sp³-hybridized carbons (Fsp3) is 0.321. The number of hydrogen-bond acceptors (Lipinski definition) is 9. The number of nitrogens with two attached hydrogens (primary N) is 1. The lowest BCUT2D eigenvalue weighted by Crippen LogP contribution is -2.37. The molecule has 9 nitrogen and oxygen atoms in total. The largest absolute Gasteiger partial charge is 0.489 e. The maximum atomic E-state index is 14.3. The van der Waals surface area contributed by atoms with Crippen LogP contribution in [0.3, 0.4) is 0 Å². The maximum Gasteiger partial charge on any atom is 0.146 e. The summed E-state index contributed by atoms with van der Waals surface area (Å²) in [6.45, 7) is 4.39. The standard InChI is InChI=1S/C28H28FIN6O3/c1-17-32-13-18(14-33-17)16-38-23-10-20(29)11-24(12-23)39-22-4-2-19(3-5-22)25-15-36(21-6-8-37-9-7-21)28-26(25)27(31)34-30-35-28/h2-5,10-14,21,25H,6-9,15-16H2,1H3,(H2,31,34,35). The molecule has 11 heteroatoms. The minimum atomic E-state index is -0.666. The molecule has 2 N–H and O–H groups in total. The molecular weight excluding hydrogens is 614 g/mol. The molecule has 4 heterocycles. The number of benzene rings is 2. The van der Waals surface area contributed by atoms with Gasteiger partial charge in [0.25, 0.3) is 0 Å². The monoisotopic (exact) mass is 642 g/mol. The van der Waals surface area contributed by atoms with Gasteiger partial charge in [0.2, 0.25) is 0 Å². The predicted octanol–water partition coefficient (Wildman–Crippen LogP) is 5.53. The van der Waals surface area contributed by atoms with Gasteiger partial charge < -0.3 is 24.8 Å². The van der Waals surface area contributed by atoms with Crippen molar-refractivity contribution in [1.29, 1.82) is 0 Å². The highest BCUT2D eigenvalue weighted by atomic mass is 127. The van der Waals surface area contributed by atoms with Crippen LogP contribution in [-0.4, -0.2) is 46.5 Å². The van der Waals surface area contributed by atoms with E-state index in [2.05, 4.69) is 18.1 Å². The van der Waals surface area contributed by atoms with Gasteiger partial charge in [0.15, 0.2) is 0 Å². The zero-order chi connectivity index (χ0) is 26.8. The number of halogens is 2. The summed E-state index contributed by atoms with van der Waals surface area (Å²) in [6.07, 6.45) is 5.35. The zero-order valence-electron chi connectivity index (χ0n) is 21.4. The quantitative estimate of drug-likeness (QED) is 0.338. The summed E-state index contributed by atoms with van der Waals surface area (Å²) < 4.78 is 41.0. The third-order valence-electron chi connectivity index (χ3n) is 7.00. The van der Waals surface area contributed by atoms with Crippen LogP contribution in [-0.2, 0) is 11.3 Å². The topological polar surface area (TPSA) is 107 Å². The first kappa shape index (κ1) is 25.8. The first-order chi connectivity index (χ1) is 19.0. The molecule has 0 spiro atoms. The highest BCUT2D eigenvalue weighted by Crippen LogP contribution is 2.43. The normalized spacial score (nSPS) is 19.4. The van der Waals surface area contributed by atoms with Crippen molar-refractivity contribution in [3.8, 4) is 17.2 Å².